The molecule has 3 amide bonds. The summed E-state index contributed by atoms with van der Waals surface area (Å²) >= 11 is 0. The molecule has 1 aliphatic rings. The van der Waals surface area contributed by atoms with Gasteiger partial charge >= 0.3 is 0 Å². The normalized spacial score (nSPS) is 13.6. The molecule has 4 heterocycles. The third-order valence-corrected chi connectivity index (χ3v) is 9.04. The number of hydroxylamine groups is 1. The van der Waals surface area contributed by atoms with E-state index in [0.29, 0.717) is 53.9 Å². The van der Waals surface area contributed by atoms with Crippen molar-refractivity contribution in [2.45, 2.75) is 52.6 Å². The Morgan fingerprint density at radius 2 is 1.59 bits per heavy atom. The summed E-state index contributed by atoms with van der Waals surface area (Å²) in [5, 5.41) is 17.7. The van der Waals surface area contributed by atoms with Crippen molar-refractivity contribution in [3.8, 4) is 22.4 Å². The minimum atomic E-state index is -0.963. The molecule has 1 aliphatic heterocycles. The molecule has 5 N–H and O–H groups in total. The maximum Gasteiger partial charge on any atom is 0.292 e. The highest BCUT2D eigenvalue weighted by molar-refractivity contribution is 6.07. The number of nitrogen functional groups attached to an aromatic ring is 1. The SMILES string of the molecule is CC(C)C(=O)N1CCC(n2nc(-c3ccc(NC(=O)c4cn(C(C)C)c(C(=O)NO)c(-c5ccc(F)cc5)c4=O)cc3)c3c(N)ncnc32)CC1. The molecule has 0 atom stereocenters. The summed E-state index contributed by atoms with van der Waals surface area (Å²) in [6.07, 6.45) is 4.07. The summed E-state index contributed by atoms with van der Waals surface area (Å²) in [5.41, 5.74) is 8.89. The molecule has 264 valence electrons. The average Bonchev–Trinajstić information content (AvgIpc) is 3.52. The number of anilines is 2. The first-order chi connectivity index (χ1) is 24.4. The molecule has 1 saturated heterocycles. The molecule has 5 aromatic rings. The fourth-order valence-electron chi connectivity index (χ4n) is 6.43. The molecule has 2 aromatic carbocycles. The van der Waals surface area contributed by atoms with Crippen LogP contribution in [0.2, 0.25) is 0 Å². The minimum absolute atomic E-state index is 0.00477. The number of nitrogens with one attached hydrogen (secondary N) is 2. The van der Waals surface area contributed by atoms with Gasteiger partial charge in [-0.1, -0.05) is 38.1 Å². The van der Waals surface area contributed by atoms with Gasteiger partial charge in [-0.25, -0.2) is 24.5 Å². The Morgan fingerprint density at radius 1 is 0.941 bits per heavy atom. The van der Waals surface area contributed by atoms with E-state index in [1.807, 2.05) is 23.4 Å². The Morgan fingerprint density at radius 3 is 2.20 bits per heavy atom. The van der Waals surface area contributed by atoms with Gasteiger partial charge in [0.15, 0.2) is 5.65 Å². The molecular formula is C36H38FN9O5. The van der Waals surface area contributed by atoms with Crippen molar-refractivity contribution in [2.75, 3.05) is 24.1 Å². The van der Waals surface area contributed by atoms with Crippen LogP contribution in [0.3, 0.4) is 0 Å². The van der Waals surface area contributed by atoms with E-state index in [9.17, 15) is 28.8 Å². The van der Waals surface area contributed by atoms with Gasteiger partial charge in [-0.3, -0.25) is 24.4 Å². The lowest BCUT2D eigenvalue weighted by Crippen LogP contribution is -2.41. The van der Waals surface area contributed by atoms with Gasteiger partial charge in [0.05, 0.1) is 17.0 Å². The van der Waals surface area contributed by atoms with Crippen LogP contribution in [0.25, 0.3) is 33.4 Å². The summed E-state index contributed by atoms with van der Waals surface area (Å²) in [4.78, 5) is 63.4. The van der Waals surface area contributed by atoms with Crippen molar-refractivity contribution in [1.82, 2.24) is 34.7 Å². The number of halogens is 1. The first-order valence-corrected chi connectivity index (χ1v) is 16.6. The van der Waals surface area contributed by atoms with E-state index < -0.39 is 29.1 Å². The van der Waals surface area contributed by atoms with Crippen LogP contribution in [0.15, 0.2) is 65.8 Å². The van der Waals surface area contributed by atoms with Crippen LogP contribution in [0, 0.1) is 11.7 Å². The number of hydrogen-bond donors (Lipinski definition) is 4. The number of piperidine rings is 1. The van der Waals surface area contributed by atoms with Crippen LogP contribution in [-0.2, 0) is 4.79 Å². The highest BCUT2D eigenvalue weighted by Gasteiger charge is 2.29. The average molecular weight is 696 g/mol. The van der Waals surface area contributed by atoms with Crippen molar-refractivity contribution in [3.05, 3.63) is 88.4 Å². The molecule has 15 heteroatoms. The van der Waals surface area contributed by atoms with E-state index in [-0.39, 0.29) is 46.1 Å². The number of likely N-dealkylation sites (tertiary alicyclic amines) is 1. The van der Waals surface area contributed by atoms with Gasteiger partial charge in [0, 0.05) is 42.5 Å². The number of amides is 3. The number of carbonyl (C=O) groups excluding carboxylic acids is 3. The quantitative estimate of drug-likeness (QED) is 0.130. The van der Waals surface area contributed by atoms with Crippen molar-refractivity contribution in [1.29, 1.82) is 0 Å². The van der Waals surface area contributed by atoms with Crippen LogP contribution in [0.1, 0.15) is 73.5 Å². The van der Waals surface area contributed by atoms with Crippen molar-refractivity contribution in [2.24, 2.45) is 5.92 Å². The van der Waals surface area contributed by atoms with Gasteiger partial charge in [-0.15, -0.1) is 0 Å². The monoisotopic (exact) mass is 695 g/mol. The van der Waals surface area contributed by atoms with Gasteiger partial charge in [0.25, 0.3) is 11.8 Å². The predicted octanol–water partition coefficient (Wildman–Crippen LogP) is 4.82. The van der Waals surface area contributed by atoms with E-state index >= 15 is 0 Å². The second kappa shape index (κ2) is 14.1. The molecule has 0 aliphatic carbocycles. The summed E-state index contributed by atoms with van der Waals surface area (Å²) in [6.45, 7) is 8.49. The second-order valence-corrected chi connectivity index (χ2v) is 13.0. The third kappa shape index (κ3) is 6.67. The first-order valence-electron chi connectivity index (χ1n) is 16.6. The lowest BCUT2D eigenvalue weighted by molar-refractivity contribution is -0.135. The van der Waals surface area contributed by atoms with Crippen molar-refractivity contribution in [3.63, 3.8) is 0 Å². The Bertz CT molecular complexity index is 2190. The molecular weight excluding hydrogens is 657 g/mol. The molecule has 51 heavy (non-hydrogen) atoms. The van der Waals surface area contributed by atoms with Crippen LogP contribution >= 0.6 is 0 Å². The van der Waals surface area contributed by atoms with Gasteiger partial charge in [-0.2, -0.15) is 5.10 Å². The fraction of sp³-hybridized carbons (Fsp3) is 0.306. The fourth-order valence-corrected chi connectivity index (χ4v) is 6.43. The molecule has 0 bridgehead atoms. The number of pyridine rings is 1. The Labute approximate surface area is 292 Å². The van der Waals surface area contributed by atoms with Crippen LogP contribution < -0.4 is 22.0 Å². The van der Waals surface area contributed by atoms with E-state index in [1.54, 1.807) is 43.6 Å². The summed E-state index contributed by atoms with van der Waals surface area (Å²) in [7, 11) is 0. The molecule has 3 aromatic heterocycles. The molecule has 0 spiro atoms. The van der Waals surface area contributed by atoms with Crippen LogP contribution in [-0.4, -0.2) is 65.2 Å². The largest absolute Gasteiger partial charge is 0.383 e. The second-order valence-electron chi connectivity index (χ2n) is 13.0. The van der Waals surface area contributed by atoms with Crippen LogP contribution in [0.4, 0.5) is 15.9 Å². The zero-order chi connectivity index (χ0) is 36.6. The zero-order valence-corrected chi connectivity index (χ0v) is 28.6. The molecule has 14 nitrogen and oxygen atoms in total. The first kappa shape index (κ1) is 34.9. The Balaban J connectivity index is 1.31. The summed E-state index contributed by atoms with van der Waals surface area (Å²) < 4.78 is 17.0. The summed E-state index contributed by atoms with van der Waals surface area (Å²) in [5.74, 6) is -1.93. The van der Waals surface area contributed by atoms with E-state index in [2.05, 4.69) is 15.3 Å². The number of nitrogens with two attached hydrogens (primary N) is 1. The van der Waals surface area contributed by atoms with Crippen molar-refractivity contribution >= 4 is 40.3 Å². The van der Waals surface area contributed by atoms with Crippen LogP contribution in [0.5, 0.6) is 0 Å². The summed E-state index contributed by atoms with van der Waals surface area (Å²) in [6, 6.07) is 11.3. The lowest BCUT2D eigenvalue weighted by Gasteiger charge is -2.33. The number of nitrogens with zero attached hydrogens (tertiary/aromatic N) is 6. The topological polar surface area (TPSA) is 190 Å². The molecule has 1 fully saturated rings. The smallest absolute Gasteiger partial charge is 0.292 e. The number of benzene rings is 2. The van der Waals surface area contributed by atoms with E-state index in [1.165, 1.54) is 29.2 Å². The number of carbonyl (C=O) groups is 3. The molecule has 0 saturated carbocycles. The molecule has 0 unspecified atom stereocenters. The highest BCUT2D eigenvalue weighted by Crippen LogP contribution is 2.35. The maximum absolute atomic E-state index is 13.8. The van der Waals surface area contributed by atoms with Gasteiger partial charge in [-0.05, 0) is 56.5 Å². The number of fused-ring (bicyclic) bond motifs is 1. The minimum Gasteiger partial charge on any atom is -0.383 e. The Kier molecular flexibility index (Phi) is 9.65. The van der Waals surface area contributed by atoms with E-state index in [4.69, 9.17) is 10.8 Å². The van der Waals surface area contributed by atoms with Gasteiger partial charge < -0.3 is 20.5 Å². The Hall–Kier alpha value is -5.96. The van der Waals surface area contributed by atoms with Gasteiger partial charge in [0.2, 0.25) is 11.3 Å². The standard InChI is InChI=1S/C36H38FN9O5/c1-19(2)36(50)44-15-13-25(14-16-44)46-33-28(32(38)39-18-40-33)29(42-46)22-7-11-24(12-8-22)41-34(48)26-17-45(20(3)4)30(35(49)43-51)27(31(26)47)21-5-9-23(37)10-6-21/h5-12,17-20,25,51H,13-16H2,1-4H3,(H,41,48)(H,43,49)(H2,38,39,40). The zero-order valence-electron chi connectivity index (χ0n) is 28.6. The third-order valence-electron chi connectivity index (χ3n) is 9.04. The number of rotatable bonds is 8. The number of aromatic nitrogens is 5. The lowest BCUT2D eigenvalue weighted by atomic mass is 9.99. The highest BCUT2D eigenvalue weighted by atomic mass is 19.1. The van der Waals surface area contributed by atoms with Crippen molar-refractivity contribution < 1.29 is 24.0 Å². The molecule has 6 rings (SSSR count). The predicted molar refractivity (Wildman–Crippen MR) is 189 cm³/mol. The van der Waals surface area contributed by atoms with Gasteiger partial charge in [0.1, 0.15) is 34.9 Å². The van der Waals surface area contributed by atoms with E-state index in [0.717, 1.165) is 12.1 Å². The molecule has 0 radical (unpaired) electrons. The number of hydrogen-bond acceptors (Lipinski definition) is 9. The maximum atomic E-state index is 13.8.